The first-order chi connectivity index (χ1) is 9.38. The maximum absolute atomic E-state index is 5.38. The van der Waals surface area contributed by atoms with E-state index in [1.807, 2.05) is 42.5 Å². The Hall–Kier alpha value is -2.13. The maximum Gasteiger partial charge on any atom is 0.129 e. The molecule has 2 aromatic carbocycles. The van der Waals surface area contributed by atoms with Gasteiger partial charge in [-0.05, 0) is 12.1 Å². The Labute approximate surface area is 116 Å². The van der Waals surface area contributed by atoms with Crippen molar-refractivity contribution in [1.82, 2.24) is 4.98 Å². The van der Waals surface area contributed by atoms with Crippen LogP contribution in [0.3, 0.4) is 0 Å². The van der Waals surface area contributed by atoms with Crippen LogP contribution >= 0.6 is 11.3 Å². The zero-order chi connectivity index (χ0) is 13.1. The summed E-state index contributed by atoms with van der Waals surface area (Å²) in [5.41, 5.74) is 3.18. The zero-order valence-corrected chi connectivity index (χ0v) is 11.4. The molecule has 3 rings (SSSR count). The van der Waals surface area contributed by atoms with Crippen molar-refractivity contribution in [3.63, 3.8) is 0 Å². The summed E-state index contributed by atoms with van der Waals surface area (Å²) in [6.45, 7) is 0. The summed E-state index contributed by atoms with van der Waals surface area (Å²) in [5, 5.41) is 3.06. The van der Waals surface area contributed by atoms with Crippen molar-refractivity contribution in [1.29, 1.82) is 0 Å². The average Bonchev–Trinajstić information content (AvgIpc) is 2.98. The number of benzene rings is 2. The number of rotatable bonds is 3. The molecule has 19 heavy (non-hydrogen) atoms. The standard InChI is InChI=1S/C16H13NOS/c1-18-15-10-6-5-9-13(15)16-17-14(11-19-16)12-7-3-2-4-8-12/h2-11H,1H3. The summed E-state index contributed by atoms with van der Waals surface area (Å²) in [4.78, 5) is 4.70. The summed E-state index contributed by atoms with van der Waals surface area (Å²) in [6.07, 6.45) is 0. The fourth-order valence-corrected chi connectivity index (χ4v) is 2.82. The number of hydrogen-bond acceptors (Lipinski definition) is 3. The monoisotopic (exact) mass is 267 g/mol. The van der Waals surface area contributed by atoms with Crippen LogP contribution in [0.5, 0.6) is 5.75 Å². The Balaban J connectivity index is 2.02. The molecule has 2 nitrogen and oxygen atoms in total. The third kappa shape index (κ3) is 2.37. The van der Waals surface area contributed by atoms with Gasteiger partial charge in [-0.2, -0.15) is 0 Å². The van der Waals surface area contributed by atoms with Crippen LogP contribution < -0.4 is 4.74 Å². The van der Waals surface area contributed by atoms with Crippen LogP contribution in [0, 0.1) is 0 Å². The highest BCUT2D eigenvalue weighted by atomic mass is 32.1. The molecule has 0 aliphatic carbocycles. The van der Waals surface area contributed by atoms with E-state index in [0.717, 1.165) is 27.6 Å². The van der Waals surface area contributed by atoms with Gasteiger partial charge in [-0.3, -0.25) is 0 Å². The quantitative estimate of drug-likeness (QED) is 0.697. The molecule has 0 aliphatic rings. The normalized spacial score (nSPS) is 10.4. The molecule has 94 valence electrons. The van der Waals surface area contributed by atoms with Gasteiger partial charge in [-0.1, -0.05) is 42.5 Å². The lowest BCUT2D eigenvalue weighted by Gasteiger charge is -2.04. The fourth-order valence-electron chi connectivity index (χ4n) is 1.96. The Kier molecular flexibility index (Phi) is 3.29. The lowest BCUT2D eigenvalue weighted by Crippen LogP contribution is -1.86. The molecule has 0 amide bonds. The Morgan fingerprint density at radius 1 is 0.947 bits per heavy atom. The van der Waals surface area contributed by atoms with Gasteiger partial charge in [-0.15, -0.1) is 11.3 Å². The summed E-state index contributed by atoms with van der Waals surface area (Å²) in [7, 11) is 1.69. The van der Waals surface area contributed by atoms with Crippen LogP contribution in [0.2, 0.25) is 0 Å². The highest BCUT2D eigenvalue weighted by Crippen LogP contribution is 2.34. The third-order valence-electron chi connectivity index (χ3n) is 2.91. The second-order valence-electron chi connectivity index (χ2n) is 4.10. The molecule has 0 bridgehead atoms. The molecule has 0 fully saturated rings. The topological polar surface area (TPSA) is 22.1 Å². The minimum absolute atomic E-state index is 0.858. The molecular weight excluding hydrogens is 254 g/mol. The SMILES string of the molecule is COc1ccccc1-c1nc(-c2ccccc2)cs1. The van der Waals surface area contributed by atoms with Crippen molar-refractivity contribution in [3.8, 4) is 27.6 Å². The molecular formula is C16H13NOS. The van der Waals surface area contributed by atoms with Gasteiger partial charge >= 0.3 is 0 Å². The van der Waals surface area contributed by atoms with Gasteiger partial charge in [0.05, 0.1) is 18.4 Å². The summed E-state index contributed by atoms with van der Waals surface area (Å²) in [5.74, 6) is 0.858. The van der Waals surface area contributed by atoms with E-state index in [0.29, 0.717) is 0 Å². The van der Waals surface area contributed by atoms with Gasteiger partial charge in [0.1, 0.15) is 10.8 Å². The van der Waals surface area contributed by atoms with Crippen molar-refractivity contribution in [3.05, 3.63) is 60.0 Å². The Bertz CT molecular complexity index is 676. The lowest BCUT2D eigenvalue weighted by molar-refractivity contribution is 0.416. The van der Waals surface area contributed by atoms with Crippen molar-refractivity contribution in [2.75, 3.05) is 7.11 Å². The second-order valence-corrected chi connectivity index (χ2v) is 4.96. The highest BCUT2D eigenvalue weighted by molar-refractivity contribution is 7.13. The average molecular weight is 267 g/mol. The molecule has 0 atom stereocenters. The smallest absolute Gasteiger partial charge is 0.129 e. The Morgan fingerprint density at radius 2 is 1.68 bits per heavy atom. The Morgan fingerprint density at radius 3 is 2.47 bits per heavy atom. The van der Waals surface area contributed by atoms with Crippen LogP contribution in [-0.4, -0.2) is 12.1 Å². The minimum Gasteiger partial charge on any atom is -0.496 e. The van der Waals surface area contributed by atoms with Gasteiger partial charge in [-0.25, -0.2) is 4.98 Å². The molecule has 0 aliphatic heterocycles. The van der Waals surface area contributed by atoms with Gasteiger partial charge < -0.3 is 4.74 Å². The fraction of sp³-hybridized carbons (Fsp3) is 0.0625. The molecule has 0 radical (unpaired) electrons. The van der Waals surface area contributed by atoms with Crippen molar-refractivity contribution in [2.45, 2.75) is 0 Å². The number of hydrogen-bond donors (Lipinski definition) is 0. The molecule has 0 spiro atoms. The van der Waals surface area contributed by atoms with Crippen LogP contribution in [0.1, 0.15) is 0 Å². The number of aromatic nitrogens is 1. The third-order valence-corrected chi connectivity index (χ3v) is 3.79. The first-order valence-corrected chi connectivity index (χ1v) is 6.91. The molecule has 0 saturated carbocycles. The molecule has 0 N–H and O–H groups in total. The number of ether oxygens (including phenoxy) is 1. The first kappa shape index (κ1) is 11.9. The van der Waals surface area contributed by atoms with E-state index in [1.54, 1.807) is 18.4 Å². The number of para-hydroxylation sites is 1. The summed E-state index contributed by atoms with van der Waals surface area (Å²) in [6, 6.07) is 18.2. The minimum atomic E-state index is 0.858. The van der Waals surface area contributed by atoms with E-state index in [4.69, 9.17) is 9.72 Å². The largest absolute Gasteiger partial charge is 0.496 e. The molecule has 0 saturated heterocycles. The van der Waals surface area contributed by atoms with Gasteiger partial charge in [0.2, 0.25) is 0 Å². The summed E-state index contributed by atoms with van der Waals surface area (Å²) < 4.78 is 5.38. The van der Waals surface area contributed by atoms with E-state index < -0.39 is 0 Å². The second kappa shape index (κ2) is 5.24. The van der Waals surface area contributed by atoms with Gasteiger partial charge in [0, 0.05) is 10.9 Å². The number of nitrogens with zero attached hydrogens (tertiary/aromatic N) is 1. The zero-order valence-electron chi connectivity index (χ0n) is 10.5. The predicted molar refractivity (Wildman–Crippen MR) is 79.5 cm³/mol. The van der Waals surface area contributed by atoms with E-state index >= 15 is 0 Å². The molecule has 0 unspecified atom stereocenters. The van der Waals surface area contributed by atoms with E-state index in [2.05, 4.69) is 17.5 Å². The number of methoxy groups -OCH3 is 1. The van der Waals surface area contributed by atoms with Crippen LogP contribution in [0.4, 0.5) is 0 Å². The highest BCUT2D eigenvalue weighted by Gasteiger charge is 2.10. The van der Waals surface area contributed by atoms with Gasteiger partial charge in [0.15, 0.2) is 0 Å². The predicted octanol–water partition coefficient (Wildman–Crippen LogP) is 4.49. The van der Waals surface area contributed by atoms with E-state index in [1.165, 1.54) is 0 Å². The first-order valence-electron chi connectivity index (χ1n) is 6.03. The van der Waals surface area contributed by atoms with Crippen molar-refractivity contribution in [2.24, 2.45) is 0 Å². The van der Waals surface area contributed by atoms with Crippen LogP contribution in [0.15, 0.2) is 60.0 Å². The van der Waals surface area contributed by atoms with Gasteiger partial charge in [0.25, 0.3) is 0 Å². The maximum atomic E-state index is 5.38. The lowest BCUT2D eigenvalue weighted by atomic mass is 10.2. The van der Waals surface area contributed by atoms with Crippen LogP contribution in [-0.2, 0) is 0 Å². The molecule has 3 heteroatoms. The molecule has 1 heterocycles. The summed E-state index contributed by atoms with van der Waals surface area (Å²) >= 11 is 1.64. The van der Waals surface area contributed by atoms with E-state index in [9.17, 15) is 0 Å². The van der Waals surface area contributed by atoms with Crippen molar-refractivity contribution < 1.29 is 4.74 Å². The number of thiazole rings is 1. The molecule has 3 aromatic rings. The van der Waals surface area contributed by atoms with E-state index in [-0.39, 0.29) is 0 Å². The van der Waals surface area contributed by atoms with Crippen molar-refractivity contribution >= 4 is 11.3 Å². The molecule has 1 aromatic heterocycles. The van der Waals surface area contributed by atoms with Crippen LogP contribution in [0.25, 0.3) is 21.8 Å².